The van der Waals surface area contributed by atoms with Crippen molar-refractivity contribution >= 4 is 19.2 Å². The SMILES string of the molecule is CCOP(=O)(/C=C(/CC)CCCCl)OCC. The highest BCUT2D eigenvalue weighted by Gasteiger charge is 2.20. The fraction of sp³-hybridized carbons (Fsp3) is 0.818. The second kappa shape index (κ2) is 9.23. The minimum Gasteiger partial charge on any atom is -0.306 e. The van der Waals surface area contributed by atoms with Crippen molar-refractivity contribution in [3.05, 3.63) is 11.4 Å². The Balaban J connectivity index is 4.63. The van der Waals surface area contributed by atoms with Gasteiger partial charge in [0.05, 0.1) is 13.2 Å². The van der Waals surface area contributed by atoms with Crippen LogP contribution in [0.4, 0.5) is 0 Å². The van der Waals surface area contributed by atoms with Crippen LogP contribution >= 0.6 is 19.2 Å². The standard InChI is InChI=1S/C11H22ClO3P/c1-4-11(8-7-9-12)10-16(13,14-5-2)15-6-3/h10H,4-9H2,1-3H3/b11-10-. The Bertz CT molecular complexity index is 244. The minimum atomic E-state index is -3.04. The quantitative estimate of drug-likeness (QED) is 0.454. The molecule has 0 aliphatic heterocycles. The first-order valence-corrected chi connectivity index (χ1v) is 7.91. The molecule has 0 atom stereocenters. The first-order valence-electron chi connectivity index (χ1n) is 5.77. The summed E-state index contributed by atoms with van der Waals surface area (Å²) in [6, 6.07) is 0. The van der Waals surface area contributed by atoms with E-state index in [0.29, 0.717) is 19.1 Å². The molecule has 5 heteroatoms. The number of rotatable bonds is 9. The molecule has 0 aromatic rings. The van der Waals surface area contributed by atoms with E-state index in [9.17, 15) is 4.57 Å². The van der Waals surface area contributed by atoms with Gasteiger partial charge in [-0.15, -0.1) is 11.6 Å². The van der Waals surface area contributed by atoms with Gasteiger partial charge in [0, 0.05) is 11.7 Å². The molecule has 96 valence electrons. The zero-order valence-corrected chi connectivity index (χ0v) is 12.0. The van der Waals surface area contributed by atoms with Gasteiger partial charge in [-0.2, -0.15) is 0 Å². The Morgan fingerprint density at radius 2 is 1.81 bits per heavy atom. The summed E-state index contributed by atoms with van der Waals surface area (Å²) in [6.07, 6.45) is 2.59. The molecular formula is C11H22ClO3P. The topological polar surface area (TPSA) is 35.5 Å². The van der Waals surface area contributed by atoms with Gasteiger partial charge in [-0.25, -0.2) is 0 Å². The molecule has 0 aromatic heterocycles. The maximum absolute atomic E-state index is 12.2. The summed E-state index contributed by atoms with van der Waals surface area (Å²) in [5, 5.41) is 0. The van der Waals surface area contributed by atoms with E-state index in [-0.39, 0.29) is 0 Å². The van der Waals surface area contributed by atoms with Crippen molar-refractivity contribution in [3.63, 3.8) is 0 Å². The van der Waals surface area contributed by atoms with Crippen molar-refractivity contribution < 1.29 is 13.6 Å². The highest BCUT2D eigenvalue weighted by molar-refractivity contribution is 7.57. The molecule has 0 amide bonds. The maximum atomic E-state index is 12.2. The van der Waals surface area contributed by atoms with Crippen LogP contribution in [0.5, 0.6) is 0 Å². The molecule has 0 fully saturated rings. The van der Waals surface area contributed by atoms with Crippen LogP contribution in [0.25, 0.3) is 0 Å². The second-order valence-electron chi connectivity index (χ2n) is 3.31. The van der Waals surface area contributed by atoms with E-state index in [1.807, 2.05) is 20.8 Å². The lowest BCUT2D eigenvalue weighted by Crippen LogP contribution is -1.95. The second-order valence-corrected chi connectivity index (χ2v) is 5.54. The van der Waals surface area contributed by atoms with Crippen LogP contribution < -0.4 is 0 Å². The fourth-order valence-corrected chi connectivity index (χ4v) is 3.16. The number of hydrogen-bond donors (Lipinski definition) is 0. The van der Waals surface area contributed by atoms with Gasteiger partial charge in [0.15, 0.2) is 0 Å². The van der Waals surface area contributed by atoms with Gasteiger partial charge in [-0.1, -0.05) is 12.5 Å². The van der Waals surface area contributed by atoms with Crippen LogP contribution in [0.3, 0.4) is 0 Å². The predicted octanol–water partition coefficient (Wildman–Crippen LogP) is 4.57. The summed E-state index contributed by atoms with van der Waals surface area (Å²) in [5.41, 5.74) is 1.09. The molecule has 0 saturated heterocycles. The third kappa shape index (κ3) is 6.70. The van der Waals surface area contributed by atoms with E-state index in [1.54, 1.807) is 5.82 Å². The van der Waals surface area contributed by atoms with Crippen LogP contribution in [-0.2, 0) is 13.6 Å². The van der Waals surface area contributed by atoms with Gasteiger partial charge >= 0.3 is 7.60 Å². The van der Waals surface area contributed by atoms with E-state index in [2.05, 4.69) is 0 Å². The van der Waals surface area contributed by atoms with E-state index in [4.69, 9.17) is 20.6 Å². The van der Waals surface area contributed by atoms with Gasteiger partial charge in [-0.05, 0) is 33.1 Å². The lowest BCUT2D eigenvalue weighted by atomic mass is 10.1. The van der Waals surface area contributed by atoms with Crippen molar-refractivity contribution in [2.45, 2.75) is 40.0 Å². The van der Waals surface area contributed by atoms with Crippen LogP contribution in [-0.4, -0.2) is 19.1 Å². The first kappa shape index (κ1) is 16.2. The summed E-state index contributed by atoms with van der Waals surface area (Å²) >= 11 is 5.64. The van der Waals surface area contributed by atoms with Crippen molar-refractivity contribution in [3.8, 4) is 0 Å². The minimum absolute atomic E-state index is 0.389. The lowest BCUT2D eigenvalue weighted by molar-refractivity contribution is 0.228. The Hall–Kier alpha value is 0.180. The normalized spacial score (nSPS) is 13.1. The molecule has 3 nitrogen and oxygen atoms in total. The third-order valence-electron chi connectivity index (χ3n) is 2.04. The van der Waals surface area contributed by atoms with Gasteiger partial charge in [0.1, 0.15) is 0 Å². The Labute approximate surface area is 104 Å². The Morgan fingerprint density at radius 3 is 2.19 bits per heavy atom. The van der Waals surface area contributed by atoms with Crippen molar-refractivity contribution in [2.75, 3.05) is 19.1 Å². The van der Waals surface area contributed by atoms with Crippen LogP contribution in [0.1, 0.15) is 40.0 Å². The Kier molecular flexibility index (Phi) is 9.34. The average molecular weight is 269 g/mol. The highest BCUT2D eigenvalue weighted by Crippen LogP contribution is 2.51. The molecule has 0 aliphatic carbocycles. The van der Waals surface area contributed by atoms with E-state index in [0.717, 1.165) is 24.8 Å². The summed E-state index contributed by atoms with van der Waals surface area (Å²) < 4.78 is 22.6. The molecule has 16 heavy (non-hydrogen) atoms. The summed E-state index contributed by atoms with van der Waals surface area (Å²) in [6.45, 7) is 6.43. The molecule has 0 radical (unpaired) electrons. The number of hydrogen-bond acceptors (Lipinski definition) is 3. The van der Waals surface area contributed by atoms with E-state index >= 15 is 0 Å². The lowest BCUT2D eigenvalue weighted by Gasteiger charge is -2.15. The molecule has 0 aliphatic rings. The zero-order chi connectivity index (χ0) is 12.4. The molecule has 0 bridgehead atoms. The third-order valence-corrected chi connectivity index (χ3v) is 4.23. The fourth-order valence-electron chi connectivity index (χ4n) is 1.32. The smallest absolute Gasteiger partial charge is 0.306 e. The van der Waals surface area contributed by atoms with Crippen molar-refractivity contribution in [1.29, 1.82) is 0 Å². The molecule has 0 N–H and O–H groups in total. The van der Waals surface area contributed by atoms with Gasteiger partial charge < -0.3 is 9.05 Å². The highest BCUT2D eigenvalue weighted by atomic mass is 35.5. The summed E-state index contributed by atoms with van der Waals surface area (Å²) in [5.74, 6) is 2.28. The maximum Gasteiger partial charge on any atom is 0.354 e. The summed E-state index contributed by atoms with van der Waals surface area (Å²) in [4.78, 5) is 0. The predicted molar refractivity (Wildman–Crippen MR) is 69.2 cm³/mol. The molecular weight excluding hydrogens is 247 g/mol. The largest absolute Gasteiger partial charge is 0.354 e. The van der Waals surface area contributed by atoms with Crippen LogP contribution in [0.2, 0.25) is 0 Å². The van der Waals surface area contributed by atoms with Crippen molar-refractivity contribution in [2.24, 2.45) is 0 Å². The number of halogens is 1. The van der Waals surface area contributed by atoms with Gasteiger partial charge in [0.25, 0.3) is 0 Å². The first-order chi connectivity index (χ1) is 7.61. The number of allylic oxidation sites excluding steroid dienone is 1. The van der Waals surface area contributed by atoms with Gasteiger partial charge in [0.2, 0.25) is 0 Å². The van der Waals surface area contributed by atoms with Gasteiger partial charge in [-0.3, -0.25) is 4.57 Å². The van der Waals surface area contributed by atoms with Crippen molar-refractivity contribution in [1.82, 2.24) is 0 Å². The molecule has 0 saturated carbocycles. The summed E-state index contributed by atoms with van der Waals surface area (Å²) in [7, 11) is -3.04. The van der Waals surface area contributed by atoms with E-state index in [1.165, 1.54) is 0 Å². The van der Waals surface area contributed by atoms with E-state index < -0.39 is 7.60 Å². The zero-order valence-electron chi connectivity index (χ0n) is 10.4. The molecule has 0 unspecified atom stereocenters. The average Bonchev–Trinajstić information content (AvgIpc) is 2.25. The Morgan fingerprint density at radius 1 is 1.25 bits per heavy atom. The molecule has 0 rings (SSSR count). The van der Waals surface area contributed by atoms with Crippen LogP contribution in [0.15, 0.2) is 11.4 Å². The monoisotopic (exact) mass is 268 g/mol. The van der Waals surface area contributed by atoms with Crippen LogP contribution in [0, 0.1) is 0 Å². The number of alkyl halides is 1. The molecule has 0 heterocycles. The molecule has 0 spiro atoms. The molecule has 0 aromatic carbocycles.